The summed E-state index contributed by atoms with van der Waals surface area (Å²) in [7, 11) is -3.30. The van der Waals surface area contributed by atoms with Crippen molar-refractivity contribution in [1.82, 2.24) is 10.2 Å². The highest BCUT2D eigenvalue weighted by molar-refractivity contribution is 7.92. The number of nitro benzene ring substituents is 1. The lowest BCUT2D eigenvalue weighted by Gasteiger charge is -2.33. The summed E-state index contributed by atoms with van der Waals surface area (Å²) in [6.07, 6.45) is 0.660. The molecule has 3 aromatic rings. The molecule has 2 unspecified atom stereocenters. The number of rotatable bonds is 13. The van der Waals surface area contributed by atoms with Gasteiger partial charge in [-0.15, -0.1) is 0 Å². The molecule has 0 fully saturated rings. The quantitative estimate of drug-likeness (QED) is 0.181. The molecule has 236 valence electrons. The van der Waals surface area contributed by atoms with Crippen molar-refractivity contribution in [2.45, 2.75) is 57.6 Å². The van der Waals surface area contributed by atoms with Gasteiger partial charge in [-0.2, -0.15) is 0 Å². The van der Waals surface area contributed by atoms with Gasteiger partial charge in [0.2, 0.25) is 11.8 Å². The maximum absolute atomic E-state index is 14.2. The standard InChI is InChI=1S/C30H34Cl2N4O7S/c1-6-20(3)33-30(38)21(4)34(17-22-8-10-23(31)11-9-22)29(37)18-35(27-15-24(32)12-14-28(27)43-5)44(41,42)25-13-7-19(2)26(16-25)36(39)40/h7-16,20-21H,6,17-18H2,1-5H3,(H,33,38). The van der Waals surface area contributed by atoms with Crippen molar-refractivity contribution >= 4 is 56.4 Å². The molecule has 0 spiro atoms. The van der Waals surface area contributed by atoms with Gasteiger partial charge in [-0.05, 0) is 69.2 Å². The van der Waals surface area contributed by atoms with Crippen LogP contribution in [0.3, 0.4) is 0 Å². The van der Waals surface area contributed by atoms with Gasteiger partial charge < -0.3 is 15.0 Å². The van der Waals surface area contributed by atoms with Crippen molar-refractivity contribution in [3.63, 3.8) is 0 Å². The van der Waals surface area contributed by atoms with Crippen molar-refractivity contribution < 1.29 is 27.7 Å². The number of anilines is 1. The van der Waals surface area contributed by atoms with E-state index in [2.05, 4.69) is 5.32 Å². The zero-order chi connectivity index (χ0) is 32.8. The predicted octanol–water partition coefficient (Wildman–Crippen LogP) is 5.75. The molecule has 3 aromatic carbocycles. The highest BCUT2D eigenvalue weighted by atomic mass is 35.5. The number of carbonyl (C=O) groups is 2. The van der Waals surface area contributed by atoms with E-state index in [1.165, 1.54) is 49.3 Å². The summed E-state index contributed by atoms with van der Waals surface area (Å²) in [6, 6.07) is 13.2. The zero-order valence-electron chi connectivity index (χ0n) is 24.9. The van der Waals surface area contributed by atoms with Crippen LogP contribution in [0.15, 0.2) is 65.6 Å². The predicted molar refractivity (Wildman–Crippen MR) is 170 cm³/mol. The molecule has 0 radical (unpaired) electrons. The van der Waals surface area contributed by atoms with Gasteiger partial charge in [0.25, 0.3) is 15.7 Å². The molecule has 11 nitrogen and oxygen atoms in total. The van der Waals surface area contributed by atoms with Crippen LogP contribution >= 0.6 is 23.2 Å². The lowest BCUT2D eigenvalue weighted by molar-refractivity contribution is -0.385. The van der Waals surface area contributed by atoms with Crippen LogP contribution in [0.25, 0.3) is 0 Å². The summed E-state index contributed by atoms with van der Waals surface area (Å²) in [5.74, 6) is -1.07. The number of hydrogen-bond donors (Lipinski definition) is 1. The molecule has 0 saturated carbocycles. The molecule has 1 N–H and O–H groups in total. The molecule has 44 heavy (non-hydrogen) atoms. The van der Waals surface area contributed by atoms with Gasteiger partial charge in [0.15, 0.2) is 0 Å². The molecule has 2 amide bonds. The first kappa shape index (κ1) is 34.6. The third-order valence-corrected chi connectivity index (χ3v) is 9.33. The minimum Gasteiger partial charge on any atom is -0.495 e. The molecule has 2 atom stereocenters. The zero-order valence-corrected chi connectivity index (χ0v) is 27.2. The van der Waals surface area contributed by atoms with Gasteiger partial charge in [0.05, 0.1) is 22.6 Å². The van der Waals surface area contributed by atoms with E-state index in [0.29, 0.717) is 17.0 Å². The SMILES string of the molecule is CCC(C)NC(=O)C(C)N(Cc1ccc(Cl)cc1)C(=O)CN(c1cc(Cl)ccc1OC)S(=O)(=O)c1ccc(C)c([N+](=O)[O-])c1. The number of nitrogens with zero attached hydrogens (tertiary/aromatic N) is 3. The Morgan fingerprint density at radius 1 is 1.02 bits per heavy atom. The third kappa shape index (κ3) is 8.19. The number of carbonyl (C=O) groups excluding carboxylic acids is 2. The summed E-state index contributed by atoms with van der Waals surface area (Å²) in [6.45, 7) is 5.94. The normalized spacial score (nSPS) is 12.6. The molecule has 0 bridgehead atoms. The molecule has 0 aliphatic heterocycles. The largest absolute Gasteiger partial charge is 0.495 e. The number of hydrogen-bond acceptors (Lipinski definition) is 7. The molecule has 14 heteroatoms. The first-order valence-electron chi connectivity index (χ1n) is 13.6. The Kier molecular flexibility index (Phi) is 11.6. The number of amides is 2. The summed E-state index contributed by atoms with van der Waals surface area (Å²) in [4.78, 5) is 39.1. The van der Waals surface area contributed by atoms with Crippen molar-refractivity contribution in [2.24, 2.45) is 0 Å². The Morgan fingerprint density at radius 2 is 1.66 bits per heavy atom. The molecule has 0 aromatic heterocycles. The number of methoxy groups -OCH3 is 1. The number of ether oxygens (including phenoxy) is 1. The van der Waals surface area contributed by atoms with Crippen LogP contribution in [-0.4, -0.2) is 55.8 Å². The number of aryl methyl sites for hydroxylation is 1. The summed E-state index contributed by atoms with van der Waals surface area (Å²) in [5, 5.41) is 15.1. The Morgan fingerprint density at radius 3 is 2.25 bits per heavy atom. The Bertz CT molecular complexity index is 1630. The average Bonchev–Trinajstić information content (AvgIpc) is 2.98. The van der Waals surface area contributed by atoms with Crippen molar-refractivity contribution in [2.75, 3.05) is 18.0 Å². The van der Waals surface area contributed by atoms with E-state index < -0.39 is 49.9 Å². The fraction of sp³-hybridized carbons (Fsp3) is 0.333. The summed E-state index contributed by atoms with van der Waals surface area (Å²) in [5.41, 5.74) is 0.428. The Labute approximate surface area is 266 Å². The van der Waals surface area contributed by atoms with Crippen LogP contribution in [0.4, 0.5) is 11.4 Å². The summed E-state index contributed by atoms with van der Waals surface area (Å²) < 4.78 is 34.6. The molecule has 0 aliphatic rings. The van der Waals surface area contributed by atoms with E-state index in [0.717, 1.165) is 10.4 Å². The lowest BCUT2D eigenvalue weighted by Crippen LogP contribution is -2.52. The molecular formula is C30H34Cl2N4O7S. The smallest absolute Gasteiger partial charge is 0.273 e. The van der Waals surface area contributed by atoms with Crippen LogP contribution in [-0.2, 0) is 26.2 Å². The van der Waals surface area contributed by atoms with Gasteiger partial charge in [0.1, 0.15) is 18.3 Å². The minimum absolute atomic E-state index is 0.0400. The monoisotopic (exact) mass is 664 g/mol. The van der Waals surface area contributed by atoms with Gasteiger partial charge in [-0.3, -0.25) is 24.0 Å². The van der Waals surface area contributed by atoms with Gasteiger partial charge >= 0.3 is 0 Å². The molecule has 0 saturated heterocycles. The first-order valence-corrected chi connectivity index (χ1v) is 15.8. The average molecular weight is 666 g/mol. The van der Waals surface area contributed by atoms with Gasteiger partial charge in [-0.1, -0.05) is 48.3 Å². The second-order valence-electron chi connectivity index (χ2n) is 10.2. The highest BCUT2D eigenvalue weighted by Crippen LogP contribution is 2.36. The lowest BCUT2D eigenvalue weighted by atomic mass is 10.1. The van der Waals surface area contributed by atoms with Crippen LogP contribution in [0.1, 0.15) is 38.3 Å². The van der Waals surface area contributed by atoms with Crippen molar-refractivity contribution in [1.29, 1.82) is 0 Å². The number of benzene rings is 3. The maximum Gasteiger partial charge on any atom is 0.273 e. The number of nitro groups is 1. The molecule has 0 heterocycles. The van der Waals surface area contributed by atoms with Crippen LogP contribution in [0, 0.1) is 17.0 Å². The number of halogens is 2. The van der Waals surface area contributed by atoms with E-state index in [1.54, 1.807) is 31.2 Å². The van der Waals surface area contributed by atoms with Crippen molar-refractivity contribution in [3.8, 4) is 5.75 Å². The number of nitrogens with one attached hydrogen (secondary N) is 1. The van der Waals surface area contributed by atoms with E-state index in [9.17, 15) is 28.1 Å². The highest BCUT2D eigenvalue weighted by Gasteiger charge is 2.35. The summed E-state index contributed by atoms with van der Waals surface area (Å²) >= 11 is 12.3. The first-order chi connectivity index (χ1) is 20.7. The molecule has 0 aliphatic carbocycles. The minimum atomic E-state index is -4.63. The Balaban J connectivity index is 2.15. The van der Waals surface area contributed by atoms with Crippen molar-refractivity contribution in [3.05, 3.63) is 92.0 Å². The van der Waals surface area contributed by atoms with E-state index >= 15 is 0 Å². The third-order valence-electron chi connectivity index (χ3n) is 7.09. The van der Waals surface area contributed by atoms with Crippen LogP contribution < -0.4 is 14.4 Å². The van der Waals surface area contributed by atoms with Gasteiger partial charge in [0, 0.05) is 34.3 Å². The van der Waals surface area contributed by atoms with Crippen LogP contribution in [0.2, 0.25) is 10.0 Å². The van der Waals surface area contributed by atoms with Gasteiger partial charge in [-0.25, -0.2) is 8.42 Å². The van der Waals surface area contributed by atoms with E-state index in [1.807, 2.05) is 13.8 Å². The Hall–Kier alpha value is -3.87. The fourth-order valence-electron chi connectivity index (χ4n) is 4.28. The maximum atomic E-state index is 14.2. The fourth-order valence-corrected chi connectivity index (χ4v) is 6.01. The van der Waals surface area contributed by atoms with E-state index in [-0.39, 0.29) is 34.6 Å². The second kappa shape index (κ2) is 14.7. The number of sulfonamides is 1. The molecular weight excluding hydrogens is 631 g/mol. The second-order valence-corrected chi connectivity index (χ2v) is 12.9. The topological polar surface area (TPSA) is 139 Å². The molecule has 3 rings (SSSR count). The van der Waals surface area contributed by atoms with E-state index in [4.69, 9.17) is 27.9 Å². The van der Waals surface area contributed by atoms with Crippen LogP contribution in [0.5, 0.6) is 5.75 Å².